The first-order valence-electron chi connectivity index (χ1n) is 6.28. The zero-order valence-corrected chi connectivity index (χ0v) is 14.7. The van der Waals surface area contributed by atoms with Crippen LogP contribution in [0, 0.1) is 11.8 Å². The van der Waals surface area contributed by atoms with Crippen LogP contribution in [0.25, 0.3) is 0 Å². The van der Waals surface area contributed by atoms with E-state index < -0.39 is 0 Å². The first kappa shape index (κ1) is 15.4. The summed E-state index contributed by atoms with van der Waals surface area (Å²) in [4.78, 5) is 12.0. The monoisotopic (exact) mass is 406 g/mol. The van der Waals surface area contributed by atoms with Gasteiger partial charge in [0.05, 0.1) is 14.2 Å². The number of allylic oxidation sites excluding steroid dienone is 2. The van der Waals surface area contributed by atoms with Gasteiger partial charge in [-0.25, -0.2) is 0 Å². The van der Waals surface area contributed by atoms with Crippen LogP contribution in [0.2, 0.25) is 0 Å². The Balaban J connectivity index is 1.81. The highest BCUT2D eigenvalue weighted by Gasteiger charge is 2.19. The first-order chi connectivity index (χ1) is 9.08. The van der Waals surface area contributed by atoms with Crippen molar-refractivity contribution in [2.45, 2.75) is 19.8 Å². The number of rotatable bonds is 5. The molecule has 0 spiro atoms. The number of hydrogen-bond acceptors (Lipinski definition) is 3. The fraction of sp³-hybridized carbons (Fsp3) is 0.500. The Bertz CT molecular complexity index is 482. The number of halogens is 2. The smallest absolute Gasteiger partial charge is 0.190 e. The maximum absolute atomic E-state index is 12.0. The third kappa shape index (κ3) is 4.25. The van der Waals surface area contributed by atoms with Crippen LogP contribution in [0.3, 0.4) is 0 Å². The van der Waals surface area contributed by atoms with E-state index in [4.69, 9.17) is 4.74 Å². The molecule has 19 heavy (non-hydrogen) atoms. The summed E-state index contributed by atoms with van der Waals surface area (Å²) >= 11 is 8.28. The standard InChI is InChI=1S/C14H16Br2O2S/c1-9-4-2-3-5-10(9)7-18-8-12(17)11-6-13(15)19-14(11)16/h2-3,6,9-10H,4-5,7-8H2,1H3. The van der Waals surface area contributed by atoms with Crippen molar-refractivity contribution in [2.24, 2.45) is 11.8 Å². The molecule has 0 saturated carbocycles. The Labute approximate surface area is 134 Å². The van der Waals surface area contributed by atoms with Gasteiger partial charge in [-0.3, -0.25) is 4.79 Å². The highest BCUT2D eigenvalue weighted by atomic mass is 79.9. The summed E-state index contributed by atoms with van der Waals surface area (Å²) in [5, 5.41) is 0. The molecule has 2 rings (SSSR count). The van der Waals surface area contributed by atoms with Crippen molar-refractivity contribution < 1.29 is 9.53 Å². The average Bonchev–Trinajstić information content (AvgIpc) is 2.71. The molecule has 1 aliphatic rings. The number of ether oxygens (including phenoxy) is 1. The van der Waals surface area contributed by atoms with Gasteiger partial charge < -0.3 is 4.74 Å². The van der Waals surface area contributed by atoms with Gasteiger partial charge in [-0.15, -0.1) is 11.3 Å². The Morgan fingerprint density at radius 1 is 1.42 bits per heavy atom. The van der Waals surface area contributed by atoms with Gasteiger partial charge in [0.25, 0.3) is 0 Å². The summed E-state index contributed by atoms with van der Waals surface area (Å²) in [6.07, 6.45) is 6.61. The molecule has 2 nitrogen and oxygen atoms in total. The molecule has 1 aromatic rings. The van der Waals surface area contributed by atoms with Crippen molar-refractivity contribution in [2.75, 3.05) is 13.2 Å². The van der Waals surface area contributed by atoms with Crippen LogP contribution in [0.15, 0.2) is 25.8 Å². The second-order valence-electron chi connectivity index (χ2n) is 4.86. The van der Waals surface area contributed by atoms with Gasteiger partial charge >= 0.3 is 0 Å². The molecule has 1 aliphatic carbocycles. The van der Waals surface area contributed by atoms with E-state index in [1.807, 2.05) is 6.07 Å². The van der Waals surface area contributed by atoms with Gasteiger partial charge in [0, 0.05) is 5.56 Å². The minimum absolute atomic E-state index is 0.0350. The van der Waals surface area contributed by atoms with E-state index >= 15 is 0 Å². The van der Waals surface area contributed by atoms with Crippen LogP contribution in [-0.2, 0) is 4.74 Å². The van der Waals surface area contributed by atoms with E-state index in [0.717, 1.165) is 20.4 Å². The molecular formula is C14H16Br2O2S. The molecule has 0 amide bonds. The van der Waals surface area contributed by atoms with Crippen molar-refractivity contribution in [1.82, 2.24) is 0 Å². The van der Waals surface area contributed by atoms with Crippen LogP contribution >= 0.6 is 43.2 Å². The van der Waals surface area contributed by atoms with Gasteiger partial charge in [0.2, 0.25) is 0 Å². The molecule has 0 aliphatic heterocycles. The number of Topliss-reactive ketones (excluding diaryl/α,β-unsaturated/α-hetero) is 1. The van der Waals surface area contributed by atoms with Crippen LogP contribution < -0.4 is 0 Å². The van der Waals surface area contributed by atoms with E-state index in [9.17, 15) is 4.79 Å². The molecule has 2 unspecified atom stereocenters. The molecular weight excluding hydrogens is 392 g/mol. The molecule has 0 saturated heterocycles. The van der Waals surface area contributed by atoms with E-state index in [1.165, 1.54) is 11.3 Å². The topological polar surface area (TPSA) is 26.3 Å². The quantitative estimate of drug-likeness (QED) is 0.502. The summed E-state index contributed by atoms with van der Waals surface area (Å²) in [5.74, 6) is 1.21. The van der Waals surface area contributed by atoms with E-state index in [2.05, 4.69) is 50.9 Å². The number of carbonyl (C=O) groups excluding carboxylic acids is 1. The minimum atomic E-state index is 0.0350. The molecule has 2 atom stereocenters. The fourth-order valence-corrected chi connectivity index (χ4v) is 5.01. The van der Waals surface area contributed by atoms with E-state index in [-0.39, 0.29) is 12.4 Å². The number of ketones is 1. The van der Waals surface area contributed by atoms with Crippen molar-refractivity contribution >= 4 is 49.0 Å². The van der Waals surface area contributed by atoms with Crippen molar-refractivity contribution in [3.05, 3.63) is 31.4 Å². The fourth-order valence-electron chi connectivity index (χ4n) is 2.15. The van der Waals surface area contributed by atoms with Crippen LogP contribution in [0.5, 0.6) is 0 Å². The van der Waals surface area contributed by atoms with Crippen LogP contribution in [0.1, 0.15) is 30.1 Å². The zero-order valence-electron chi connectivity index (χ0n) is 10.7. The SMILES string of the molecule is CC1CC=CCC1COCC(=O)c1cc(Br)sc1Br. The highest BCUT2D eigenvalue weighted by Crippen LogP contribution is 2.32. The molecule has 5 heteroatoms. The summed E-state index contributed by atoms with van der Waals surface area (Å²) in [6.45, 7) is 3.07. The van der Waals surface area contributed by atoms with Crippen molar-refractivity contribution in [3.8, 4) is 0 Å². The highest BCUT2D eigenvalue weighted by molar-refractivity contribution is 9.12. The lowest BCUT2D eigenvalue weighted by Gasteiger charge is -2.24. The van der Waals surface area contributed by atoms with Gasteiger partial charge in [0.1, 0.15) is 6.61 Å². The summed E-state index contributed by atoms with van der Waals surface area (Å²) < 4.78 is 7.42. The van der Waals surface area contributed by atoms with Gasteiger partial charge in [-0.1, -0.05) is 19.1 Å². The molecule has 0 fully saturated rings. The largest absolute Gasteiger partial charge is 0.373 e. The molecule has 0 N–H and O–H groups in total. The third-order valence-electron chi connectivity index (χ3n) is 3.44. The second-order valence-corrected chi connectivity index (χ2v) is 8.61. The molecule has 0 bridgehead atoms. The lowest BCUT2D eigenvalue weighted by atomic mass is 9.85. The molecule has 1 heterocycles. The number of thiophene rings is 1. The van der Waals surface area contributed by atoms with E-state index in [0.29, 0.717) is 24.0 Å². The van der Waals surface area contributed by atoms with Gasteiger partial charge in [-0.2, -0.15) is 0 Å². The zero-order chi connectivity index (χ0) is 13.8. The molecule has 1 aromatic heterocycles. The molecule has 104 valence electrons. The van der Waals surface area contributed by atoms with Gasteiger partial charge in [0.15, 0.2) is 5.78 Å². The Kier molecular flexibility index (Phi) is 5.81. The average molecular weight is 408 g/mol. The summed E-state index contributed by atoms with van der Waals surface area (Å²) in [5.41, 5.74) is 0.702. The summed E-state index contributed by atoms with van der Waals surface area (Å²) in [6, 6.07) is 1.84. The Hall–Kier alpha value is 0.0300. The summed E-state index contributed by atoms with van der Waals surface area (Å²) in [7, 11) is 0. The van der Waals surface area contributed by atoms with Crippen LogP contribution in [0.4, 0.5) is 0 Å². The lowest BCUT2D eigenvalue weighted by Crippen LogP contribution is -2.21. The maximum Gasteiger partial charge on any atom is 0.190 e. The predicted molar refractivity (Wildman–Crippen MR) is 85.9 cm³/mol. The molecule has 0 aromatic carbocycles. The number of hydrogen-bond donors (Lipinski definition) is 0. The minimum Gasteiger partial charge on any atom is -0.373 e. The maximum atomic E-state index is 12.0. The second kappa shape index (κ2) is 7.16. The first-order valence-corrected chi connectivity index (χ1v) is 8.69. The predicted octanol–water partition coefficient (Wildman–Crippen LogP) is 5.07. The molecule has 0 radical (unpaired) electrons. The van der Waals surface area contributed by atoms with Crippen molar-refractivity contribution in [1.29, 1.82) is 0 Å². The Morgan fingerprint density at radius 3 is 2.79 bits per heavy atom. The van der Waals surface area contributed by atoms with Crippen LogP contribution in [-0.4, -0.2) is 19.0 Å². The number of carbonyl (C=O) groups is 1. The van der Waals surface area contributed by atoms with Gasteiger partial charge in [-0.05, 0) is 62.6 Å². The third-order valence-corrected chi connectivity index (χ3v) is 5.78. The van der Waals surface area contributed by atoms with Crippen molar-refractivity contribution in [3.63, 3.8) is 0 Å². The Morgan fingerprint density at radius 2 is 2.16 bits per heavy atom. The normalized spacial score (nSPS) is 22.7. The lowest BCUT2D eigenvalue weighted by molar-refractivity contribution is 0.0602. The van der Waals surface area contributed by atoms with E-state index in [1.54, 1.807) is 0 Å².